The molecule has 2 aromatic heterocycles. The number of nitrogens with one attached hydrogen (secondary N) is 1. The average Bonchev–Trinajstić information content (AvgIpc) is 3.05. The molecule has 1 aliphatic rings. The maximum atomic E-state index is 12.8. The van der Waals surface area contributed by atoms with Crippen molar-refractivity contribution in [2.45, 2.75) is 13.3 Å². The summed E-state index contributed by atoms with van der Waals surface area (Å²) < 4.78 is 1.56. The molecule has 27 heavy (non-hydrogen) atoms. The van der Waals surface area contributed by atoms with Crippen molar-refractivity contribution in [3.05, 3.63) is 69.8 Å². The molecule has 4 rings (SSSR count). The topological polar surface area (TPSA) is 73.7 Å². The quantitative estimate of drug-likeness (QED) is 0.757. The summed E-state index contributed by atoms with van der Waals surface area (Å²) in [6, 6.07) is 12.2. The Balaban J connectivity index is 1.38. The predicted octanol–water partition coefficient (Wildman–Crippen LogP) is 1.33. The molecule has 1 saturated heterocycles. The number of aromatic nitrogens is 3. The number of hydrogen-bond donors (Lipinski definition) is 1. The summed E-state index contributed by atoms with van der Waals surface area (Å²) in [6.07, 6.45) is 2.54. The van der Waals surface area contributed by atoms with Gasteiger partial charge in [0.25, 0.3) is 11.5 Å². The molecule has 0 radical (unpaired) electrons. The molecule has 0 aliphatic carbocycles. The number of rotatable bonds is 4. The SMILES string of the molecule is Cc1cc2[nH]c(=O)c(C(=O)N3CCN(CCc4ccccc4)CC3)cn2n1. The molecule has 0 spiro atoms. The van der Waals surface area contributed by atoms with Crippen molar-refractivity contribution in [1.82, 2.24) is 24.4 Å². The number of fused-ring (bicyclic) bond motifs is 1. The maximum Gasteiger partial charge on any atom is 0.264 e. The van der Waals surface area contributed by atoms with E-state index in [0.29, 0.717) is 18.7 Å². The van der Waals surface area contributed by atoms with E-state index in [1.165, 1.54) is 11.8 Å². The van der Waals surface area contributed by atoms with Crippen LogP contribution in [0, 0.1) is 6.92 Å². The monoisotopic (exact) mass is 365 g/mol. The average molecular weight is 365 g/mol. The van der Waals surface area contributed by atoms with Gasteiger partial charge in [-0.05, 0) is 18.9 Å². The standard InChI is InChI=1S/C20H23N5O2/c1-15-13-18-21-19(26)17(14-25(18)22-15)20(27)24-11-9-23(10-12-24)8-7-16-5-3-2-4-6-16/h2-6,13-14H,7-12H2,1H3,(H,21,26). The Bertz CT molecular complexity index is 1000. The molecule has 7 nitrogen and oxygen atoms in total. The fraction of sp³-hybridized carbons (Fsp3) is 0.350. The summed E-state index contributed by atoms with van der Waals surface area (Å²) >= 11 is 0. The smallest absolute Gasteiger partial charge is 0.264 e. The number of piperazine rings is 1. The van der Waals surface area contributed by atoms with E-state index in [1.807, 2.05) is 13.0 Å². The summed E-state index contributed by atoms with van der Waals surface area (Å²) in [5.74, 6) is -0.228. The summed E-state index contributed by atoms with van der Waals surface area (Å²) in [4.78, 5) is 32.0. The number of aryl methyl sites for hydroxylation is 1. The van der Waals surface area contributed by atoms with E-state index in [0.717, 1.165) is 31.7 Å². The van der Waals surface area contributed by atoms with Crippen molar-refractivity contribution in [3.8, 4) is 0 Å². The van der Waals surface area contributed by atoms with E-state index < -0.39 is 0 Å². The van der Waals surface area contributed by atoms with Crippen LogP contribution >= 0.6 is 0 Å². The Kier molecular flexibility index (Phi) is 4.77. The molecule has 7 heteroatoms. The molecular formula is C20H23N5O2. The zero-order chi connectivity index (χ0) is 18.8. The Labute approximate surface area is 157 Å². The van der Waals surface area contributed by atoms with E-state index in [1.54, 1.807) is 15.5 Å². The van der Waals surface area contributed by atoms with Gasteiger partial charge in [-0.25, -0.2) is 4.52 Å². The van der Waals surface area contributed by atoms with Gasteiger partial charge in [0, 0.05) is 45.0 Å². The lowest BCUT2D eigenvalue weighted by Gasteiger charge is -2.34. The summed E-state index contributed by atoms with van der Waals surface area (Å²) in [6.45, 7) is 5.72. The largest absolute Gasteiger partial charge is 0.336 e. The highest BCUT2D eigenvalue weighted by Gasteiger charge is 2.24. The molecule has 0 bridgehead atoms. The van der Waals surface area contributed by atoms with Crippen LogP contribution in [0.4, 0.5) is 0 Å². The van der Waals surface area contributed by atoms with Crippen molar-refractivity contribution in [2.75, 3.05) is 32.7 Å². The fourth-order valence-corrected chi connectivity index (χ4v) is 3.50. The Hall–Kier alpha value is -2.93. The van der Waals surface area contributed by atoms with E-state index in [2.05, 4.69) is 39.2 Å². The fourth-order valence-electron chi connectivity index (χ4n) is 3.50. The third kappa shape index (κ3) is 3.78. The number of aromatic amines is 1. The van der Waals surface area contributed by atoms with Gasteiger partial charge in [-0.2, -0.15) is 5.10 Å². The van der Waals surface area contributed by atoms with Crippen molar-refractivity contribution >= 4 is 11.6 Å². The van der Waals surface area contributed by atoms with Crippen LogP contribution in [0.15, 0.2) is 47.4 Å². The van der Waals surface area contributed by atoms with Crippen LogP contribution in [0.5, 0.6) is 0 Å². The van der Waals surface area contributed by atoms with Gasteiger partial charge in [0.2, 0.25) is 0 Å². The molecule has 0 saturated carbocycles. The molecule has 3 aromatic rings. The second-order valence-electron chi connectivity index (χ2n) is 6.98. The highest BCUT2D eigenvalue weighted by atomic mass is 16.2. The predicted molar refractivity (Wildman–Crippen MR) is 103 cm³/mol. The zero-order valence-electron chi connectivity index (χ0n) is 15.4. The third-order valence-electron chi connectivity index (χ3n) is 5.04. The Morgan fingerprint density at radius 2 is 1.89 bits per heavy atom. The van der Waals surface area contributed by atoms with Gasteiger partial charge >= 0.3 is 0 Å². The lowest BCUT2D eigenvalue weighted by Crippen LogP contribution is -2.50. The molecule has 1 N–H and O–H groups in total. The molecule has 0 atom stereocenters. The lowest BCUT2D eigenvalue weighted by atomic mass is 10.1. The minimum absolute atomic E-state index is 0.142. The highest BCUT2D eigenvalue weighted by Crippen LogP contribution is 2.09. The molecule has 1 fully saturated rings. The summed E-state index contributed by atoms with van der Waals surface area (Å²) in [5.41, 5.74) is 2.50. The molecular weight excluding hydrogens is 342 g/mol. The van der Waals surface area contributed by atoms with Crippen LogP contribution in [-0.4, -0.2) is 63.0 Å². The van der Waals surface area contributed by atoms with Gasteiger partial charge < -0.3 is 9.88 Å². The normalized spacial score (nSPS) is 15.4. The summed E-state index contributed by atoms with van der Waals surface area (Å²) in [7, 11) is 0. The molecule has 1 aliphatic heterocycles. The van der Waals surface area contributed by atoms with Gasteiger partial charge in [0.15, 0.2) is 0 Å². The molecule has 3 heterocycles. The number of nitrogens with zero attached hydrogens (tertiary/aromatic N) is 4. The minimum Gasteiger partial charge on any atom is -0.336 e. The Morgan fingerprint density at radius 3 is 2.63 bits per heavy atom. The van der Waals surface area contributed by atoms with Gasteiger partial charge in [0.05, 0.1) is 5.69 Å². The Morgan fingerprint density at radius 1 is 1.15 bits per heavy atom. The first-order valence-electron chi connectivity index (χ1n) is 9.25. The van der Waals surface area contributed by atoms with Crippen molar-refractivity contribution in [2.24, 2.45) is 0 Å². The minimum atomic E-state index is -0.362. The number of H-pyrrole nitrogens is 1. The van der Waals surface area contributed by atoms with Crippen molar-refractivity contribution < 1.29 is 4.79 Å². The van der Waals surface area contributed by atoms with Gasteiger partial charge in [-0.15, -0.1) is 0 Å². The second kappa shape index (κ2) is 7.36. The molecule has 1 aromatic carbocycles. The van der Waals surface area contributed by atoms with Gasteiger partial charge in [-0.1, -0.05) is 30.3 Å². The van der Waals surface area contributed by atoms with E-state index in [-0.39, 0.29) is 17.0 Å². The second-order valence-corrected chi connectivity index (χ2v) is 6.98. The first kappa shape index (κ1) is 17.5. The van der Waals surface area contributed by atoms with E-state index >= 15 is 0 Å². The van der Waals surface area contributed by atoms with Gasteiger partial charge in [0.1, 0.15) is 11.2 Å². The van der Waals surface area contributed by atoms with Gasteiger partial charge in [-0.3, -0.25) is 14.5 Å². The third-order valence-corrected chi connectivity index (χ3v) is 5.04. The number of carbonyl (C=O) groups excluding carboxylic acids is 1. The maximum absolute atomic E-state index is 12.8. The molecule has 1 amide bonds. The molecule has 140 valence electrons. The first-order chi connectivity index (χ1) is 13.1. The number of hydrogen-bond acceptors (Lipinski definition) is 4. The highest BCUT2D eigenvalue weighted by molar-refractivity contribution is 5.93. The van der Waals surface area contributed by atoms with E-state index in [9.17, 15) is 9.59 Å². The summed E-state index contributed by atoms with van der Waals surface area (Å²) in [5, 5.41) is 4.28. The van der Waals surface area contributed by atoms with Crippen LogP contribution in [0.3, 0.4) is 0 Å². The van der Waals surface area contributed by atoms with Crippen molar-refractivity contribution in [1.29, 1.82) is 0 Å². The number of benzene rings is 1. The van der Waals surface area contributed by atoms with Crippen LogP contribution in [0.1, 0.15) is 21.6 Å². The van der Waals surface area contributed by atoms with Crippen LogP contribution in [0.2, 0.25) is 0 Å². The van der Waals surface area contributed by atoms with Crippen LogP contribution in [0.25, 0.3) is 5.65 Å². The zero-order valence-corrected chi connectivity index (χ0v) is 15.4. The van der Waals surface area contributed by atoms with Crippen molar-refractivity contribution in [3.63, 3.8) is 0 Å². The number of carbonyl (C=O) groups is 1. The van der Waals surface area contributed by atoms with E-state index in [4.69, 9.17) is 0 Å². The number of amides is 1. The van der Waals surface area contributed by atoms with Crippen LogP contribution < -0.4 is 5.56 Å². The molecule has 0 unspecified atom stereocenters. The first-order valence-corrected chi connectivity index (χ1v) is 9.25. The lowest BCUT2D eigenvalue weighted by molar-refractivity contribution is 0.0636. The van der Waals surface area contributed by atoms with Crippen LogP contribution in [-0.2, 0) is 6.42 Å².